The number of ether oxygens (including phenoxy) is 2. The molecule has 0 aliphatic carbocycles. The van der Waals surface area contributed by atoms with E-state index in [0.29, 0.717) is 23.5 Å². The Morgan fingerprint density at radius 3 is 2.86 bits per heavy atom. The van der Waals surface area contributed by atoms with Crippen molar-refractivity contribution in [3.63, 3.8) is 0 Å². The van der Waals surface area contributed by atoms with Crippen LogP contribution in [0.5, 0.6) is 17.4 Å². The van der Waals surface area contributed by atoms with Gasteiger partial charge < -0.3 is 14.8 Å². The summed E-state index contributed by atoms with van der Waals surface area (Å²) in [6.45, 7) is 0.186. The standard InChI is InChI=1S/C22H19N3O4/c1-28-16-7-4-6-15(12-16)13-24-20(26)14-25-18-9-2-3-10-19(18)29-21-17(22(25)27)8-5-11-23-21/h2-12H,13-14H2,1H3,(H,24,26). The molecule has 0 saturated carbocycles. The monoisotopic (exact) mass is 389 g/mol. The van der Waals surface area contributed by atoms with Crippen molar-refractivity contribution in [1.82, 2.24) is 10.3 Å². The van der Waals surface area contributed by atoms with Gasteiger partial charge in [0.05, 0.1) is 12.8 Å². The van der Waals surface area contributed by atoms with E-state index >= 15 is 0 Å². The predicted molar refractivity (Wildman–Crippen MR) is 107 cm³/mol. The highest BCUT2D eigenvalue weighted by Crippen LogP contribution is 2.37. The Labute approximate surface area is 167 Å². The topological polar surface area (TPSA) is 80.8 Å². The minimum Gasteiger partial charge on any atom is -0.497 e. The zero-order valence-electron chi connectivity index (χ0n) is 15.8. The Kier molecular flexibility index (Phi) is 5.11. The van der Waals surface area contributed by atoms with E-state index in [-0.39, 0.29) is 24.2 Å². The number of pyridine rings is 1. The number of carbonyl (C=O) groups is 2. The number of hydrogen-bond acceptors (Lipinski definition) is 5. The molecular weight excluding hydrogens is 370 g/mol. The molecule has 1 N–H and O–H groups in total. The third-order valence-corrected chi connectivity index (χ3v) is 4.53. The lowest BCUT2D eigenvalue weighted by Crippen LogP contribution is -2.40. The summed E-state index contributed by atoms with van der Waals surface area (Å²) < 4.78 is 11.0. The molecule has 0 bridgehead atoms. The van der Waals surface area contributed by atoms with Crippen LogP contribution in [0, 0.1) is 0 Å². The minimum atomic E-state index is -0.338. The molecule has 7 heteroatoms. The van der Waals surface area contributed by atoms with Crippen LogP contribution in [0.25, 0.3) is 0 Å². The van der Waals surface area contributed by atoms with Crippen molar-refractivity contribution in [2.24, 2.45) is 0 Å². The maximum atomic E-state index is 13.1. The van der Waals surface area contributed by atoms with Crippen molar-refractivity contribution in [3.8, 4) is 17.4 Å². The van der Waals surface area contributed by atoms with Crippen molar-refractivity contribution in [1.29, 1.82) is 0 Å². The number of amides is 2. The first-order valence-electron chi connectivity index (χ1n) is 9.09. The molecule has 2 aromatic carbocycles. The summed E-state index contributed by atoms with van der Waals surface area (Å²) in [5.74, 6) is 0.788. The molecule has 0 spiro atoms. The number of aromatic nitrogens is 1. The second-order valence-corrected chi connectivity index (χ2v) is 6.45. The van der Waals surface area contributed by atoms with Crippen LogP contribution in [0.2, 0.25) is 0 Å². The lowest BCUT2D eigenvalue weighted by Gasteiger charge is -2.21. The number of hydrogen-bond donors (Lipinski definition) is 1. The van der Waals surface area contributed by atoms with E-state index in [9.17, 15) is 9.59 Å². The molecule has 7 nitrogen and oxygen atoms in total. The molecule has 4 rings (SSSR count). The zero-order chi connectivity index (χ0) is 20.2. The van der Waals surface area contributed by atoms with Crippen molar-refractivity contribution >= 4 is 17.5 Å². The van der Waals surface area contributed by atoms with Gasteiger partial charge in [-0.2, -0.15) is 0 Å². The molecule has 0 atom stereocenters. The second-order valence-electron chi connectivity index (χ2n) is 6.45. The fourth-order valence-corrected chi connectivity index (χ4v) is 3.10. The number of rotatable bonds is 5. The number of nitrogens with one attached hydrogen (secondary N) is 1. The summed E-state index contributed by atoms with van der Waals surface area (Å²) >= 11 is 0. The van der Waals surface area contributed by atoms with Gasteiger partial charge >= 0.3 is 0 Å². The van der Waals surface area contributed by atoms with Gasteiger partial charge in [0.15, 0.2) is 5.75 Å². The number of benzene rings is 2. The van der Waals surface area contributed by atoms with Crippen LogP contribution in [-0.2, 0) is 11.3 Å². The van der Waals surface area contributed by atoms with Gasteiger partial charge in [-0.3, -0.25) is 14.5 Å². The summed E-state index contributed by atoms with van der Waals surface area (Å²) in [7, 11) is 1.59. The Balaban J connectivity index is 1.55. The molecule has 0 saturated heterocycles. The molecular formula is C22H19N3O4. The SMILES string of the molecule is COc1cccc(CNC(=O)CN2C(=O)c3cccnc3Oc3ccccc32)c1. The number of nitrogens with zero attached hydrogens (tertiary/aromatic N) is 2. The highest BCUT2D eigenvalue weighted by Gasteiger charge is 2.30. The zero-order valence-corrected chi connectivity index (χ0v) is 15.8. The predicted octanol–water partition coefficient (Wildman–Crippen LogP) is 3.16. The van der Waals surface area contributed by atoms with E-state index in [1.807, 2.05) is 24.3 Å². The average molecular weight is 389 g/mol. The second kappa shape index (κ2) is 8.02. The molecule has 2 amide bonds. The molecule has 1 aromatic heterocycles. The molecule has 2 heterocycles. The van der Waals surface area contributed by atoms with Gasteiger partial charge in [-0.1, -0.05) is 24.3 Å². The van der Waals surface area contributed by atoms with Crippen molar-refractivity contribution in [3.05, 3.63) is 78.0 Å². The van der Waals surface area contributed by atoms with Crippen molar-refractivity contribution < 1.29 is 19.1 Å². The third kappa shape index (κ3) is 3.89. The molecule has 0 unspecified atom stereocenters. The van der Waals surface area contributed by atoms with Crippen molar-refractivity contribution in [2.75, 3.05) is 18.6 Å². The molecule has 146 valence electrons. The third-order valence-electron chi connectivity index (χ3n) is 4.53. The van der Waals surface area contributed by atoms with Crippen LogP contribution < -0.4 is 19.7 Å². The van der Waals surface area contributed by atoms with Gasteiger partial charge in [-0.25, -0.2) is 4.98 Å². The molecule has 3 aromatic rings. The highest BCUT2D eigenvalue weighted by molar-refractivity contribution is 6.11. The van der Waals surface area contributed by atoms with E-state index in [1.54, 1.807) is 49.7 Å². The lowest BCUT2D eigenvalue weighted by atomic mass is 10.2. The molecule has 1 aliphatic rings. The van der Waals surface area contributed by atoms with E-state index < -0.39 is 0 Å². The first kappa shape index (κ1) is 18.5. The summed E-state index contributed by atoms with van der Waals surface area (Å²) in [6, 6.07) is 17.8. The number of para-hydroxylation sites is 2. The minimum absolute atomic E-state index is 0.141. The van der Waals surface area contributed by atoms with Gasteiger partial charge in [0.2, 0.25) is 11.8 Å². The van der Waals surface area contributed by atoms with E-state index in [4.69, 9.17) is 9.47 Å². The summed E-state index contributed by atoms with van der Waals surface area (Å²) in [6.07, 6.45) is 1.56. The van der Waals surface area contributed by atoms with Crippen LogP contribution in [0.4, 0.5) is 5.69 Å². The summed E-state index contributed by atoms with van der Waals surface area (Å²) in [5.41, 5.74) is 1.73. The maximum absolute atomic E-state index is 13.1. The average Bonchev–Trinajstić information content (AvgIpc) is 2.87. The normalized spacial score (nSPS) is 12.3. The van der Waals surface area contributed by atoms with Gasteiger partial charge in [0.1, 0.15) is 17.9 Å². The van der Waals surface area contributed by atoms with E-state index in [2.05, 4.69) is 10.3 Å². The Morgan fingerprint density at radius 2 is 2.00 bits per heavy atom. The number of carbonyl (C=O) groups excluding carboxylic acids is 2. The highest BCUT2D eigenvalue weighted by atomic mass is 16.5. The molecule has 0 radical (unpaired) electrons. The fourth-order valence-electron chi connectivity index (χ4n) is 3.10. The Hall–Kier alpha value is -3.87. The van der Waals surface area contributed by atoms with Crippen LogP contribution >= 0.6 is 0 Å². The van der Waals surface area contributed by atoms with Crippen LogP contribution in [-0.4, -0.2) is 30.5 Å². The number of fused-ring (bicyclic) bond motifs is 2. The summed E-state index contributed by atoms with van der Waals surface area (Å²) in [4.78, 5) is 31.3. The van der Waals surface area contributed by atoms with Gasteiger partial charge in [-0.05, 0) is 42.0 Å². The largest absolute Gasteiger partial charge is 0.497 e. The Morgan fingerprint density at radius 1 is 1.14 bits per heavy atom. The van der Waals surface area contributed by atoms with Gasteiger partial charge in [-0.15, -0.1) is 0 Å². The van der Waals surface area contributed by atoms with Gasteiger partial charge in [0.25, 0.3) is 5.91 Å². The Bertz CT molecular complexity index is 1070. The first-order valence-corrected chi connectivity index (χ1v) is 9.09. The fraction of sp³-hybridized carbons (Fsp3) is 0.136. The van der Waals surface area contributed by atoms with Crippen LogP contribution in [0.15, 0.2) is 66.9 Å². The number of anilines is 1. The number of methoxy groups -OCH3 is 1. The molecule has 0 fully saturated rings. The molecule has 29 heavy (non-hydrogen) atoms. The van der Waals surface area contributed by atoms with E-state index in [1.165, 1.54) is 4.90 Å². The molecule has 1 aliphatic heterocycles. The quantitative estimate of drug-likeness (QED) is 0.725. The maximum Gasteiger partial charge on any atom is 0.264 e. The summed E-state index contributed by atoms with van der Waals surface area (Å²) in [5, 5.41) is 2.85. The van der Waals surface area contributed by atoms with E-state index in [0.717, 1.165) is 11.3 Å². The lowest BCUT2D eigenvalue weighted by molar-refractivity contribution is -0.119. The van der Waals surface area contributed by atoms with Crippen LogP contribution in [0.1, 0.15) is 15.9 Å². The van der Waals surface area contributed by atoms with Crippen LogP contribution in [0.3, 0.4) is 0 Å². The first-order chi connectivity index (χ1) is 14.2. The van der Waals surface area contributed by atoms with Crippen molar-refractivity contribution in [2.45, 2.75) is 6.54 Å². The van der Waals surface area contributed by atoms with Gasteiger partial charge in [0, 0.05) is 12.7 Å². The smallest absolute Gasteiger partial charge is 0.264 e.